The van der Waals surface area contributed by atoms with Crippen molar-refractivity contribution in [2.75, 3.05) is 0 Å². The summed E-state index contributed by atoms with van der Waals surface area (Å²) in [7, 11) is 0. The van der Waals surface area contributed by atoms with Crippen molar-refractivity contribution in [3.8, 4) is 5.88 Å². The predicted octanol–water partition coefficient (Wildman–Crippen LogP) is -0.684. The van der Waals surface area contributed by atoms with Gasteiger partial charge in [-0.2, -0.15) is 0 Å². The Bertz CT molecular complexity index is 583. The fraction of sp³-hybridized carbons (Fsp3) is 0.545. The summed E-state index contributed by atoms with van der Waals surface area (Å²) in [4.78, 5) is 36.4. The molecule has 4 N–H and O–H groups in total. The first-order valence-corrected chi connectivity index (χ1v) is 5.55. The van der Waals surface area contributed by atoms with Crippen LogP contribution in [0.1, 0.15) is 26.3 Å². The second kappa shape index (κ2) is 4.67. The average molecular weight is 255 g/mol. The van der Waals surface area contributed by atoms with Crippen LogP contribution in [0.2, 0.25) is 0 Å². The van der Waals surface area contributed by atoms with Crippen LogP contribution >= 0.6 is 0 Å². The molecule has 0 aliphatic carbocycles. The smallest absolute Gasteiger partial charge is 0.331 e. The van der Waals surface area contributed by atoms with Crippen LogP contribution in [-0.4, -0.2) is 20.6 Å². The number of primary amides is 1. The van der Waals surface area contributed by atoms with E-state index in [1.165, 1.54) is 0 Å². The van der Waals surface area contributed by atoms with Crippen LogP contribution < -0.4 is 17.0 Å². The fourth-order valence-corrected chi connectivity index (χ4v) is 1.54. The topological polar surface area (TPSA) is 118 Å². The molecule has 0 fully saturated rings. The van der Waals surface area contributed by atoms with E-state index < -0.39 is 28.5 Å². The van der Waals surface area contributed by atoms with Crippen molar-refractivity contribution >= 4 is 5.91 Å². The van der Waals surface area contributed by atoms with Gasteiger partial charge in [-0.1, -0.05) is 6.92 Å². The minimum absolute atomic E-state index is 0.100. The molecule has 0 bridgehead atoms. The Labute approximate surface area is 103 Å². The summed E-state index contributed by atoms with van der Waals surface area (Å²) < 4.78 is 0.949. The monoisotopic (exact) mass is 255 g/mol. The molecule has 0 aliphatic rings. The second-order valence-electron chi connectivity index (χ2n) is 4.75. The summed E-state index contributed by atoms with van der Waals surface area (Å²) in [5.41, 5.74) is 2.93. The highest BCUT2D eigenvalue weighted by Gasteiger charge is 2.28. The van der Waals surface area contributed by atoms with Crippen LogP contribution in [0.15, 0.2) is 9.59 Å². The maximum atomic E-state index is 11.6. The van der Waals surface area contributed by atoms with Gasteiger partial charge in [-0.05, 0) is 20.3 Å². The summed E-state index contributed by atoms with van der Waals surface area (Å²) in [5.74, 6) is -1.02. The molecule has 0 radical (unpaired) electrons. The fourth-order valence-electron chi connectivity index (χ4n) is 1.54. The van der Waals surface area contributed by atoms with Crippen LogP contribution in [0.3, 0.4) is 0 Å². The van der Waals surface area contributed by atoms with Crippen molar-refractivity contribution in [2.45, 2.75) is 33.7 Å². The standard InChI is InChI=1S/C11H17N3O4/c1-4-6-7(15)13-10(18)14(8(6)16)5-11(2,3)9(12)17/h16H,4-5H2,1-3H3,(H2,12,17)(H,13,15,18). The van der Waals surface area contributed by atoms with Gasteiger partial charge in [0, 0.05) is 6.54 Å². The van der Waals surface area contributed by atoms with E-state index in [1.807, 2.05) is 0 Å². The predicted molar refractivity (Wildman–Crippen MR) is 65.3 cm³/mol. The van der Waals surface area contributed by atoms with E-state index in [0.717, 1.165) is 4.57 Å². The number of nitrogens with two attached hydrogens (primary N) is 1. The SMILES string of the molecule is CCc1c(O)n(CC(C)(C)C(N)=O)c(=O)[nH]c1=O. The number of rotatable bonds is 4. The molecule has 1 heterocycles. The molecule has 0 aliphatic heterocycles. The van der Waals surface area contributed by atoms with Crippen LogP contribution in [0.5, 0.6) is 5.88 Å². The molecule has 1 amide bonds. The molecule has 0 aromatic carbocycles. The Kier molecular flexibility index (Phi) is 3.64. The van der Waals surface area contributed by atoms with Crippen molar-refractivity contribution in [3.63, 3.8) is 0 Å². The minimum atomic E-state index is -1.01. The van der Waals surface area contributed by atoms with Crippen molar-refractivity contribution in [2.24, 2.45) is 11.1 Å². The summed E-state index contributed by atoms with van der Waals surface area (Å²) in [5, 5.41) is 9.89. The molecule has 0 unspecified atom stereocenters. The van der Waals surface area contributed by atoms with E-state index in [-0.39, 0.29) is 18.5 Å². The van der Waals surface area contributed by atoms with Gasteiger partial charge in [-0.15, -0.1) is 0 Å². The number of aromatic nitrogens is 2. The lowest BCUT2D eigenvalue weighted by Gasteiger charge is -2.22. The number of nitrogens with zero attached hydrogens (tertiary/aromatic N) is 1. The van der Waals surface area contributed by atoms with Crippen molar-refractivity contribution in [1.29, 1.82) is 0 Å². The average Bonchev–Trinajstić information content (AvgIpc) is 2.24. The molecule has 1 rings (SSSR count). The normalized spacial score (nSPS) is 11.5. The highest BCUT2D eigenvalue weighted by atomic mass is 16.3. The second-order valence-corrected chi connectivity index (χ2v) is 4.75. The number of nitrogens with one attached hydrogen (secondary N) is 1. The maximum Gasteiger partial charge on any atom is 0.331 e. The zero-order valence-electron chi connectivity index (χ0n) is 10.6. The summed E-state index contributed by atoms with van der Waals surface area (Å²) in [6, 6.07) is 0. The van der Waals surface area contributed by atoms with Crippen LogP contribution in [0, 0.1) is 5.41 Å². The van der Waals surface area contributed by atoms with Crippen molar-refractivity contribution < 1.29 is 9.90 Å². The molecule has 0 atom stereocenters. The Morgan fingerprint density at radius 3 is 2.44 bits per heavy atom. The third-order valence-corrected chi connectivity index (χ3v) is 2.84. The highest BCUT2D eigenvalue weighted by Crippen LogP contribution is 2.20. The molecule has 18 heavy (non-hydrogen) atoms. The first-order chi connectivity index (χ1) is 8.20. The van der Waals surface area contributed by atoms with E-state index in [4.69, 9.17) is 5.73 Å². The molecule has 7 nitrogen and oxygen atoms in total. The van der Waals surface area contributed by atoms with Gasteiger partial charge in [0.1, 0.15) is 0 Å². The van der Waals surface area contributed by atoms with Gasteiger partial charge >= 0.3 is 5.69 Å². The zero-order valence-corrected chi connectivity index (χ0v) is 10.6. The lowest BCUT2D eigenvalue weighted by molar-refractivity contribution is -0.126. The molecule has 0 saturated carbocycles. The first kappa shape index (κ1) is 14.0. The molecular weight excluding hydrogens is 238 g/mol. The van der Waals surface area contributed by atoms with E-state index in [2.05, 4.69) is 4.98 Å². The van der Waals surface area contributed by atoms with E-state index in [0.29, 0.717) is 0 Å². The third-order valence-electron chi connectivity index (χ3n) is 2.84. The minimum Gasteiger partial charge on any atom is -0.494 e. The van der Waals surface area contributed by atoms with E-state index >= 15 is 0 Å². The Morgan fingerprint density at radius 2 is 2.00 bits per heavy atom. The zero-order chi connectivity index (χ0) is 14.1. The van der Waals surface area contributed by atoms with Crippen molar-refractivity contribution in [3.05, 3.63) is 26.4 Å². The number of aromatic hydroxyl groups is 1. The van der Waals surface area contributed by atoms with E-state index in [9.17, 15) is 19.5 Å². The van der Waals surface area contributed by atoms with Gasteiger partial charge in [0.15, 0.2) is 0 Å². The van der Waals surface area contributed by atoms with Gasteiger partial charge in [0.05, 0.1) is 11.0 Å². The largest absolute Gasteiger partial charge is 0.494 e. The molecule has 1 aromatic rings. The van der Waals surface area contributed by atoms with Gasteiger partial charge in [0.2, 0.25) is 11.8 Å². The number of H-pyrrole nitrogens is 1. The molecule has 0 spiro atoms. The Balaban J connectivity index is 3.39. The molecular formula is C11H17N3O4. The van der Waals surface area contributed by atoms with Crippen LogP contribution in [0.25, 0.3) is 0 Å². The van der Waals surface area contributed by atoms with Crippen LogP contribution in [0.4, 0.5) is 0 Å². The van der Waals surface area contributed by atoms with Crippen LogP contribution in [-0.2, 0) is 17.8 Å². The third kappa shape index (κ3) is 2.44. The number of carbonyl (C=O) groups excluding carboxylic acids is 1. The number of aromatic amines is 1. The van der Waals surface area contributed by atoms with Gasteiger partial charge in [0.25, 0.3) is 5.56 Å². The first-order valence-electron chi connectivity index (χ1n) is 5.55. The lowest BCUT2D eigenvalue weighted by Crippen LogP contribution is -2.41. The molecule has 1 aromatic heterocycles. The Hall–Kier alpha value is -2.05. The number of hydrogen-bond donors (Lipinski definition) is 3. The van der Waals surface area contributed by atoms with Gasteiger partial charge < -0.3 is 10.8 Å². The number of amides is 1. The van der Waals surface area contributed by atoms with Crippen molar-refractivity contribution in [1.82, 2.24) is 9.55 Å². The Morgan fingerprint density at radius 1 is 1.44 bits per heavy atom. The molecule has 100 valence electrons. The highest BCUT2D eigenvalue weighted by molar-refractivity contribution is 5.79. The summed E-state index contributed by atoms with van der Waals surface area (Å²) in [6.45, 7) is 4.69. The lowest BCUT2D eigenvalue weighted by atomic mass is 9.92. The molecule has 7 heteroatoms. The molecule has 0 saturated heterocycles. The maximum absolute atomic E-state index is 11.6. The number of hydrogen-bond acceptors (Lipinski definition) is 4. The van der Waals surface area contributed by atoms with Gasteiger partial charge in [-0.25, -0.2) is 4.79 Å². The summed E-state index contributed by atoms with van der Waals surface area (Å²) >= 11 is 0. The summed E-state index contributed by atoms with van der Waals surface area (Å²) in [6.07, 6.45) is 0.276. The quantitative estimate of drug-likeness (QED) is 0.660. The van der Waals surface area contributed by atoms with E-state index in [1.54, 1.807) is 20.8 Å². The van der Waals surface area contributed by atoms with Gasteiger partial charge in [-0.3, -0.25) is 19.1 Å². The number of carbonyl (C=O) groups is 1.